The van der Waals surface area contributed by atoms with Crippen molar-refractivity contribution >= 4 is 11.9 Å². The molecule has 0 aliphatic carbocycles. The summed E-state index contributed by atoms with van der Waals surface area (Å²) in [5.41, 5.74) is 4.66. The highest BCUT2D eigenvalue weighted by Gasteiger charge is 1.97. The van der Waals surface area contributed by atoms with Gasteiger partial charge in [-0.3, -0.25) is 4.98 Å². The monoisotopic (exact) mass is 168 g/mol. The fourth-order valence-electron chi connectivity index (χ4n) is 1.03. The molecular weight excluding hydrogens is 160 g/mol. The maximum Gasteiger partial charge on any atom is 0.131 e. The van der Waals surface area contributed by atoms with Crippen molar-refractivity contribution < 1.29 is 0 Å². The lowest BCUT2D eigenvalue weighted by atomic mass is 10.3. The zero-order valence-corrected chi connectivity index (χ0v) is 7.01. The average Bonchev–Trinajstić information content (AvgIpc) is 2.47. The van der Waals surface area contributed by atoms with Crippen molar-refractivity contribution in [1.29, 1.82) is 0 Å². The van der Waals surface area contributed by atoms with Gasteiger partial charge in [0.05, 0.1) is 5.69 Å². The molecule has 0 bridgehead atoms. The molecule has 0 saturated heterocycles. The third-order valence-corrected chi connectivity index (χ3v) is 1.62. The van der Waals surface area contributed by atoms with E-state index in [0.717, 1.165) is 11.4 Å². The largest absolute Gasteiger partial charge is 0.254 e. The van der Waals surface area contributed by atoms with Crippen molar-refractivity contribution in [3.8, 4) is 0 Å². The minimum absolute atomic E-state index is 0.769. The SMILES string of the molecule is C1=CC=CC=NC=1c1ccccn1. The Kier molecular flexibility index (Phi) is 2.17. The van der Waals surface area contributed by atoms with Crippen LogP contribution < -0.4 is 0 Å². The molecule has 0 aromatic carbocycles. The summed E-state index contributed by atoms with van der Waals surface area (Å²) in [6.45, 7) is 0. The topological polar surface area (TPSA) is 25.2 Å². The Morgan fingerprint density at radius 2 is 2.15 bits per heavy atom. The summed E-state index contributed by atoms with van der Waals surface area (Å²) in [5.74, 6) is 0. The van der Waals surface area contributed by atoms with Gasteiger partial charge in [0.2, 0.25) is 0 Å². The molecular formula is C11H8N2. The molecule has 2 heteroatoms. The van der Waals surface area contributed by atoms with E-state index in [1.54, 1.807) is 12.4 Å². The predicted molar refractivity (Wildman–Crippen MR) is 53.4 cm³/mol. The van der Waals surface area contributed by atoms with Crippen LogP contribution in [0.5, 0.6) is 0 Å². The second-order valence-corrected chi connectivity index (χ2v) is 2.54. The number of rotatable bonds is 1. The van der Waals surface area contributed by atoms with Crippen LogP contribution >= 0.6 is 0 Å². The summed E-state index contributed by atoms with van der Waals surface area (Å²) in [6.07, 6.45) is 9.07. The number of aliphatic imine (C=N–C) groups is 1. The summed E-state index contributed by atoms with van der Waals surface area (Å²) in [7, 11) is 0. The predicted octanol–water partition coefficient (Wildman–Crippen LogP) is 2.22. The molecule has 0 spiro atoms. The van der Waals surface area contributed by atoms with Crippen molar-refractivity contribution in [2.24, 2.45) is 4.99 Å². The maximum atomic E-state index is 4.19. The van der Waals surface area contributed by atoms with E-state index >= 15 is 0 Å². The molecule has 2 rings (SSSR count). The molecule has 0 atom stereocenters. The highest BCUT2D eigenvalue weighted by molar-refractivity contribution is 5.80. The third kappa shape index (κ3) is 1.81. The molecule has 62 valence electrons. The van der Waals surface area contributed by atoms with E-state index in [9.17, 15) is 0 Å². The lowest BCUT2D eigenvalue weighted by Crippen LogP contribution is -1.83. The number of allylic oxidation sites excluding steroid dienone is 3. The Morgan fingerprint density at radius 3 is 3.00 bits per heavy atom. The van der Waals surface area contributed by atoms with Gasteiger partial charge >= 0.3 is 0 Å². The Balaban J connectivity index is 2.43. The van der Waals surface area contributed by atoms with E-state index in [1.165, 1.54) is 0 Å². The number of hydrogen-bond acceptors (Lipinski definition) is 2. The van der Waals surface area contributed by atoms with Crippen LogP contribution in [0.3, 0.4) is 0 Å². The lowest BCUT2D eigenvalue weighted by Gasteiger charge is -1.94. The average molecular weight is 168 g/mol. The molecule has 0 amide bonds. The van der Waals surface area contributed by atoms with Gasteiger partial charge < -0.3 is 0 Å². The van der Waals surface area contributed by atoms with Crippen LogP contribution in [0, 0.1) is 0 Å². The van der Waals surface area contributed by atoms with E-state index in [0.29, 0.717) is 0 Å². The first kappa shape index (κ1) is 7.71. The lowest BCUT2D eigenvalue weighted by molar-refractivity contribution is 1.26. The molecule has 1 aromatic rings. The Bertz CT molecular complexity index is 407. The Hall–Kier alpha value is -1.92. The molecule has 2 heterocycles. The van der Waals surface area contributed by atoms with E-state index in [1.807, 2.05) is 36.4 Å². The van der Waals surface area contributed by atoms with Crippen molar-refractivity contribution in [2.75, 3.05) is 0 Å². The Morgan fingerprint density at radius 1 is 1.15 bits per heavy atom. The summed E-state index contributed by atoms with van der Waals surface area (Å²) >= 11 is 0. The van der Waals surface area contributed by atoms with Gasteiger partial charge in [0, 0.05) is 12.4 Å². The second-order valence-electron chi connectivity index (χ2n) is 2.54. The second kappa shape index (κ2) is 3.65. The van der Waals surface area contributed by atoms with Crippen molar-refractivity contribution in [2.45, 2.75) is 0 Å². The van der Waals surface area contributed by atoms with Crippen LogP contribution in [0.25, 0.3) is 5.70 Å². The van der Waals surface area contributed by atoms with Gasteiger partial charge in [-0.25, -0.2) is 4.99 Å². The molecule has 0 radical (unpaired) electrons. The van der Waals surface area contributed by atoms with Gasteiger partial charge in [0.15, 0.2) is 0 Å². The minimum Gasteiger partial charge on any atom is -0.254 e. The molecule has 2 nitrogen and oxygen atoms in total. The first-order valence-corrected chi connectivity index (χ1v) is 4.04. The Labute approximate surface area is 76.7 Å². The van der Waals surface area contributed by atoms with Crippen LogP contribution in [0.1, 0.15) is 5.69 Å². The van der Waals surface area contributed by atoms with Crippen molar-refractivity contribution in [1.82, 2.24) is 4.98 Å². The number of hydrogen-bond donors (Lipinski definition) is 0. The molecule has 0 unspecified atom stereocenters. The van der Waals surface area contributed by atoms with Crippen molar-refractivity contribution in [3.05, 3.63) is 54.0 Å². The first-order valence-electron chi connectivity index (χ1n) is 4.04. The van der Waals surface area contributed by atoms with Gasteiger partial charge in [0.25, 0.3) is 0 Å². The maximum absolute atomic E-state index is 4.19. The van der Waals surface area contributed by atoms with Gasteiger partial charge in [-0.15, -0.1) is 0 Å². The molecule has 13 heavy (non-hydrogen) atoms. The minimum atomic E-state index is 0.769. The number of nitrogens with zero attached hydrogens (tertiary/aromatic N) is 2. The van der Waals surface area contributed by atoms with E-state index < -0.39 is 0 Å². The van der Waals surface area contributed by atoms with Gasteiger partial charge in [-0.2, -0.15) is 0 Å². The summed E-state index contributed by atoms with van der Waals surface area (Å²) in [6, 6.07) is 5.73. The van der Waals surface area contributed by atoms with E-state index in [-0.39, 0.29) is 0 Å². The zero-order valence-electron chi connectivity index (χ0n) is 7.01. The van der Waals surface area contributed by atoms with E-state index in [2.05, 4.69) is 15.7 Å². The molecule has 1 aliphatic rings. The molecule has 0 N–H and O–H groups in total. The fourth-order valence-corrected chi connectivity index (χ4v) is 1.03. The number of pyridine rings is 1. The van der Waals surface area contributed by atoms with Crippen LogP contribution in [-0.2, 0) is 0 Å². The van der Waals surface area contributed by atoms with Crippen molar-refractivity contribution in [3.63, 3.8) is 0 Å². The first-order chi connectivity index (χ1) is 6.47. The molecule has 1 aromatic heterocycles. The highest BCUT2D eigenvalue weighted by atomic mass is 14.8. The van der Waals surface area contributed by atoms with Crippen LogP contribution in [0.4, 0.5) is 0 Å². The van der Waals surface area contributed by atoms with Gasteiger partial charge in [0.1, 0.15) is 5.70 Å². The zero-order chi connectivity index (χ0) is 8.93. The fraction of sp³-hybridized carbons (Fsp3) is 0. The standard InChI is InChI=1S/C11H8N2/c1-2-6-10(12-8-4-1)11-7-3-5-9-13-11/h1-5,7-9H. The quantitative estimate of drug-likeness (QED) is 0.590. The van der Waals surface area contributed by atoms with Crippen LogP contribution in [-0.4, -0.2) is 11.2 Å². The molecule has 1 aliphatic heterocycles. The van der Waals surface area contributed by atoms with Crippen LogP contribution in [0.15, 0.2) is 53.3 Å². The van der Waals surface area contributed by atoms with Crippen LogP contribution in [0.2, 0.25) is 0 Å². The third-order valence-electron chi connectivity index (χ3n) is 1.62. The highest BCUT2D eigenvalue weighted by Crippen LogP contribution is 2.11. The summed E-state index contributed by atoms with van der Waals surface area (Å²) in [4.78, 5) is 8.38. The van der Waals surface area contributed by atoms with Gasteiger partial charge in [-0.1, -0.05) is 17.9 Å². The summed E-state index contributed by atoms with van der Waals surface area (Å²) < 4.78 is 0. The smallest absolute Gasteiger partial charge is 0.131 e. The van der Waals surface area contributed by atoms with E-state index in [4.69, 9.17) is 0 Å². The summed E-state index contributed by atoms with van der Waals surface area (Å²) in [5, 5.41) is 0. The number of aromatic nitrogens is 1. The molecule has 0 fully saturated rings. The van der Waals surface area contributed by atoms with Gasteiger partial charge in [-0.05, 0) is 24.3 Å². The normalized spacial score (nSPS) is 14.0. The molecule has 0 saturated carbocycles.